The van der Waals surface area contributed by atoms with E-state index < -0.39 is 18.5 Å². The van der Waals surface area contributed by atoms with E-state index in [2.05, 4.69) is 5.32 Å². The number of amides is 1. The molecule has 2 aromatic rings. The quantitative estimate of drug-likeness (QED) is 0.603. The molecule has 0 aliphatic rings. The van der Waals surface area contributed by atoms with Crippen LogP contribution in [0.15, 0.2) is 48.5 Å². The Labute approximate surface area is 155 Å². The highest BCUT2D eigenvalue weighted by Crippen LogP contribution is 2.29. The molecule has 0 atom stereocenters. The molecule has 1 amide bonds. The topological polar surface area (TPSA) is 64.6 Å². The fraction of sp³-hybridized carbons (Fsp3) is 0.111. The average Bonchev–Trinajstić information content (AvgIpc) is 2.61. The van der Waals surface area contributed by atoms with E-state index in [-0.39, 0.29) is 5.69 Å². The highest BCUT2D eigenvalue weighted by Gasteiger charge is 2.11. The zero-order valence-corrected chi connectivity index (χ0v) is 14.8. The molecule has 0 saturated carbocycles. The maximum Gasteiger partial charge on any atom is 0.331 e. The number of nitrogens with one attached hydrogen (secondary N) is 1. The zero-order chi connectivity index (χ0) is 18.2. The van der Waals surface area contributed by atoms with Gasteiger partial charge in [-0.15, -0.1) is 0 Å². The minimum absolute atomic E-state index is 0.274. The van der Waals surface area contributed by atoms with Gasteiger partial charge in [-0.1, -0.05) is 47.5 Å². The van der Waals surface area contributed by atoms with Crippen molar-refractivity contribution in [2.45, 2.75) is 0 Å². The Morgan fingerprint density at radius 1 is 1.08 bits per heavy atom. The Morgan fingerprint density at radius 2 is 1.76 bits per heavy atom. The SMILES string of the molecule is COc1ccccc1/C=C/C(=O)OCC(=O)Nc1c(Cl)cccc1Cl. The Morgan fingerprint density at radius 3 is 2.44 bits per heavy atom. The van der Waals surface area contributed by atoms with E-state index in [4.69, 9.17) is 32.7 Å². The summed E-state index contributed by atoms with van der Waals surface area (Å²) in [7, 11) is 1.54. The fourth-order valence-corrected chi connectivity index (χ4v) is 2.43. The number of carbonyl (C=O) groups is 2. The van der Waals surface area contributed by atoms with E-state index in [1.165, 1.54) is 13.2 Å². The molecule has 5 nitrogen and oxygen atoms in total. The molecule has 1 N–H and O–H groups in total. The molecule has 2 aromatic carbocycles. The van der Waals surface area contributed by atoms with E-state index in [1.54, 1.807) is 36.4 Å². The lowest BCUT2D eigenvalue weighted by atomic mass is 10.2. The number of hydrogen-bond acceptors (Lipinski definition) is 4. The van der Waals surface area contributed by atoms with Gasteiger partial charge in [-0.2, -0.15) is 0 Å². The van der Waals surface area contributed by atoms with Crippen LogP contribution in [0, 0.1) is 0 Å². The number of rotatable bonds is 6. The second-order valence-electron chi connectivity index (χ2n) is 4.83. The first-order valence-electron chi connectivity index (χ1n) is 7.23. The second kappa shape index (κ2) is 9.11. The van der Waals surface area contributed by atoms with Crippen molar-refractivity contribution in [2.75, 3.05) is 19.0 Å². The summed E-state index contributed by atoms with van der Waals surface area (Å²) < 4.78 is 10.1. The molecule has 0 saturated heterocycles. The van der Waals surface area contributed by atoms with Crippen molar-refractivity contribution < 1.29 is 19.1 Å². The molecule has 7 heteroatoms. The molecule has 0 fully saturated rings. The van der Waals surface area contributed by atoms with Crippen LogP contribution in [-0.4, -0.2) is 25.6 Å². The molecule has 0 heterocycles. The van der Waals surface area contributed by atoms with Gasteiger partial charge >= 0.3 is 5.97 Å². The Balaban J connectivity index is 1.89. The number of anilines is 1. The number of para-hydroxylation sites is 2. The van der Waals surface area contributed by atoms with E-state index in [1.807, 2.05) is 12.1 Å². The van der Waals surface area contributed by atoms with Gasteiger partial charge in [0.05, 0.1) is 22.8 Å². The predicted octanol–water partition coefficient (Wildman–Crippen LogP) is 4.20. The first kappa shape index (κ1) is 18.8. The molecule has 0 spiro atoms. The normalized spacial score (nSPS) is 10.5. The summed E-state index contributed by atoms with van der Waals surface area (Å²) >= 11 is 11.9. The molecule has 0 aliphatic carbocycles. The van der Waals surface area contributed by atoms with Gasteiger partial charge in [-0.25, -0.2) is 4.79 Å². The largest absolute Gasteiger partial charge is 0.496 e. The van der Waals surface area contributed by atoms with Crippen molar-refractivity contribution in [3.63, 3.8) is 0 Å². The van der Waals surface area contributed by atoms with Crippen molar-refractivity contribution >= 4 is 46.8 Å². The summed E-state index contributed by atoms with van der Waals surface area (Å²) in [5.74, 6) is -0.585. The van der Waals surface area contributed by atoms with Crippen molar-refractivity contribution in [1.29, 1.82) is 0 Å². The maximum absolute atomic E-state index is 11.8. The van der Waals surface area contributed by atoms with Gasteiger partial charge in [0.15, 0.2) is 6.61 Å². The molecule has 2 rings (SSSR count). The Hall–Kier alpha value is -2.50. The van der Waals surface area contributed by atoms with Crippen LogP contribution in [0.2, 0.25) is 10.0 Å². The summed E-state index contributed by atoms with van der Waals surface area (Å²) in [5, 5.41) is 3.09. The molecular weight excluding hydrogens is 365 g/mol. The lowest BCUT2D eigenvalue weighted by molar-refractivity contribution is -0.142. The smallest absolute Gasteiger partial charge is 0.331 e. The van der Waals surface area contributed by atoms with E-state index >= 15 is 0 Å². The fourth-order valence-electron chi connectivity index (χ4n) is 1.94. The standard InChI is InChI=1S/C18H15Cl2NO4/c1-24-15-8-3-2-5-12(15)9-10-17(23)25-11-16(22)21-18-13(19)6-4-7-14(18)20/h2-10H,11H2,1H3,(H,21,22)/b10-9+. The van der Waals surface area contributed by atoms with Crippen molar-refractivity contribution in [2.24, 2.45) is 0 Å². The minimum atomic E-state index is -0.661. The lowest BCUT2D eigenvalue weighted by Crippen LogP contribution is -2.20. The molecule has 0 radical (unpaired) electrons. The summed E-state index contributed by atoms with van der Waals surface area (Å²) in [6.07, 6.45) is 2.76. The van der Waals surface area contributed by atoms with Crippen molar-refractivity contribution in [3.8, 4) is 5.75 Å². The Kier molecular flexibility index (Phi) is 6.86. The molecule has 0 bridgehead atoms. The number of esters is 1. The number of methoxy groups -OCH3 is 1. The van der Waals surface area contributed by atoms with Crippen LogP contribution in [-0.2, 0) is 14.3 Å². The van der Waals surface area contributed by atoms with Crippen LogP contribution < -0.4 is 10.1 Å². The van der Waals surface area contributed by atoms with Crippen molar-refractivity contribution in [3.05, 3.63) is 64.1 Å². The average molecular weight is 380 g/mol. The molecule has 25 heavy (non-hydrogen) atoms. The summed E-state index contributed by atoms with van der Waals surface area (Å²) in [6, 6.07) is 12.0. The number of carbonyl (C=O) groups excluding carboxylic acids is 2. The van der Waals surface area contributed by atoms with Crippen LogP contribution in [0.5, 0.6) is 5.75 Å². The zero-order valence-electron chi connectivity index (χ0n) is 13.3. The van der Waals surface area contributed by atoms with E-state index in [9.17, 15) is 9.59 Å². The van der Waals surface area contributed by atoms with Gasteiger partial charge in [-0.05, 0) is 24.3 Å². The van der Waals surface area contributed by atoms with Crippen LogP contribution in [0.3, 0.4) is 0 Å². The molecular formula is C18H15Cl2NO4. The van der Waals surface area contributed by atoms with Gasteiger partial charge in [0, 0.05) is 11.6 Å². The molecule has 0 unspecified atom stereocenters. The molecule has 0 aromatic heterocycles. The van der Waals surface area contributed by atoms with E-state index in [0.29, 0.717) is 21.4 Å². The second-order valence-corrected chi connectivity index (χ2v) is 5.64. The number of hydrogen-bond donors (Lipinski definition) is 1. The van der Waals surface area contributed by atoms with Gasteiger partial charge in [0.1, 0.15) is 5.75 Å². The lowest BCUT2D eigenvalue weighted by Gasteiger charge is -2.09. The monoisotopic (exact) mass is 379 g/mol. The van der Waals surface area contributed by atoms with Gasteiger partial charge in [0.25, 0.3) is 5.91 Å². The third-order valence-electron chi connectivity index (χ3n) is 3.11. The highest BCUT2D eigenvalue weighted by atomic mass is 35.5. The summed E-state index contributed by atoms with van der Waals surface area (Å²) in [6.45, 7) is -0.462. The molecule has 130 valence electrons. The van der Waals surface area contributed by atoms with Gasteiger partial charge < -0.3 is 14.8 Å². The third-order valence-corrected chi connectivity index (χ3v) is 3.74. The van der Waals surface area contributed by atoms with Crippen LogP contribution in [0.25, 0.3) is 6.08 Å². The highest BCUT2D eigenvalue weighted by molar-refractivity contribution is 6.39. The maximum atomic E-state index is 11.8. The number of benzene rings is 2. The predicted molar refractivity (Wildman–Crippen MR) is 98.1 cm³/mol. The van der Waals surface area contributed by atoms with Crippen LogP contribution in [0.4, 0.5) is 5.69 Å². The van der Waals surface area contributed by atoms with Crippen LogP contribution in [0.1, 0.15) is 5.56 Å². The summed E-state index contributed by atoms with van der Waals surface area (Å²) in [4.78, 5) is 23.6. The van der Waals surface area contributed by atoms with E-state index in [0.717, 1.165) is 0 Å². The Bertz CT molecular complexity index is 785. The van der Waals surface area contributed by atoms with Crippen LogP contribution >= 0.6 is 23.2 Å². The van der Waals surface area contributed by atoms with Crippen molar-refractivity contribution in [1.82, 2.24) is 0 Å². The minimum Gasteiger partial charge on any atom is -0.496 e. The number of halogens is 2. The molecule has 0 aliphatic heterocycles. The summed E-state index contributed by atoms with van der Waals surface area (Å²) in [5.41, 5.74) is 0.991. The third kappa shape index (κ3) is 5.52. The number of ether oxygens (including phenoxy) is 2. The first-order chi connectivity index (χ1) is 12.0. The van der Waals surface area contributed by atoms with Gasteiger partial charge in [-0.3, -0.25) is 4.79 Å². The first-order valence-corrected chi connectivity index (χ1v) is 7.98. The van der Waals surface area contributed by atoms with Gasteiger partial charge in [0.2, 0.25) is 0 Å².